The van der Waals surface area contributed by atoms with Gasteiger partial charge in [0.15, 0.2) is 0 Å². The molecule has 0 saturated heterocycles. The average molecular weight is 433 g/mol. The van der Waals surface area contributed by atoms with Gasteiger partial charge in [-0.05, 0) is 97.6 Å². The Bertz CT molecular complexity index is 1020. The second kappa shape index (κ2) is 8.04. The summed E-state index contributed by atoms with van der Waals surface area (Å²) >= 11 is 0. The Morgan fingerprint density at radius 3 is 2.41 bits per heavy atom. The summed E-state index contributed by atoms with van der Waals surface area (Å²) in [5.74, 6) is 1.15. The van der Waals surface area contributed by atoms with Gasteiger partial charge < -0.3 is 15.7 Å². The van der Waals surface area contributed by atoms with E-state index in [2.05, 4.69) is 22.8 Å². The molecule has 6 rings (SSSR count). The number of anilines is 1. The van der Waals surface area contributed by atoms with E-state index in [1.807, 2.05) is 30.3 Å². The Kier molecular flexibility index (Phi) is 5.32. The molecule has 2 amide bonds. The zero-order chi connectivity index (χ0) is 22.3. The lowest BCUT2D eigenvalue weighted by Gasteiger charge is -2.60. The highest BCUT2D eigenvalue weighted by atomic mass is 16.3. The fourth-order valence-corrected chi connectivity index (χ4v) is 6.95. The summed E-state index contributed by atoms with van der Waals surface area (Å²) < 4.78 is 0. The Morgan fingerprint density at radius 2 is 1.75 bits per heavy atom. The summed E-state index contributed by atoms with van der Waals surface area (Å²) in [6, 6.07) is 15.7. The molecule has 0 aromatic heterocycles. The van der Waals surface area contributed by atoms with Crippen molar-refractivity contribution in [2.45, 2.75) is 62.4 Å². The SMILES string of the molecule is CNC(=O)c1cccc(CCC(=O)Nc2ccc(C34CC5CC(CC(O)(C5)C3)C4)cc2)c1. The van der Waals surface area contributed by atoms with E-state index in [0.717, 1.165) is 30.5 Å². The fraction of sp³-hybridized carbons (Fsp3) is 0.481. The van der Waals surface area contributed by atoms with Crippen LogP contribution in [0.25, 0.3) is 0 Å². The van der Waals surface area contributed by atoms with Crippen molar-refractivity contribution in [3.8, 4) is 0 Å². The van der Waals surface area contributed by atoms with Crippen LogP contribution in [0.4, 0.5) is 5.69 Å². The topological polar surface area (TPSA) is 78.4 Å². The summed E-state index contributed by atoms with van der Waals surface area (Å²) in [5, 5.41) is 16.7. The first-order valence-electron chi connectivity index (χ1n) is 11.8. The lowest BCUT2D eigenvalue weighted by Crippen LogP contribution is -2.57. The minimum absolute atomic E-state index is 0.0350. The Labute approximate surface area is 189 Å². The summed E-state index contributed by atoms with van der Waals surface area (Å²) in [6.45, 7) is 0. The number of carbonyl (C=O) groups excluding carboxylic acids is 2. The lowest BCUT2D eigenvalue weighted by molar-refractivity contribution is -0.137. The van der Waals surface area contributed by atoms with Crippen LogP contribution >= 0.6 is 0 Å². The van der Waals surface area contributed by atoms with Crippen LogP contribution in [-0.2, 0) is 16.6 Å². The number of benzene rings is 2. The number of amides is 2. The molecule has 0 heterocycles. The number of carbonyl (C=O) groups is 2. The van der Waals surface area contributed by atoms with Crippen molar-refractivity contribution >= 4 is 17.5 Å². The molecule has 4 aliphatic rings. The van der Waals surface area contributed by atoms with Gasteiger partial charge in [-0.25, -0.2) is 0 Å². The van der Waals surface area contributed by atoms with Gasteiger partial charge in [0.25, 0.3) is 5.91 Å². The van der Waals surface area contributed by atoms with E-state index in [-0.39, 0.29) is 17.2 Å². The van der Waals surface area contributed by atoms with E-state index in [0.29, 0.717) is 30.2 Å². The summed E-state index contributed by atoms with van der Waals surface area (Å²) in [7, 11) is 1.61. The molecule has 0 spiro atoms. The van der Waals surface area contributed by atoms with Gasteiger partial charge >= 0.3 is 0 Å². The molecule has 2 aromatic rings. The van der Waals surface area contributed by atoms with Gasteiger partial charge in [-0.2, -0.15) is 0 Å². The molecule has 3 N–H and O–H groups in total. The van der Waals surface area contributed by atoms with Crippen molar-refractivity contribution in [3.05, 3.63) is 65.2 Å². The van der Waals surface area contributed by atoms with Gasteiger partial charge in [0.2, 0.25) is 5.91 Å². The van der Waals surface area contributed by atoms with Crippen LogP contribution in [0.2, 0.25) is 0 Å². The third kappa shape index (κ3) is 4.06. The Morgan fingerprint density at radius 1 is 1.03 bits per heavy atom. The quantitative estimate of drug-likeness (QED) is 0.640. The second-order valence-electron chi connectivity index (χ2n) is 10.4. The normalized spacial score (nSPS) is 30.2. The van der Waals surface area contributed by atoms with E-state index < -0.39 is 5.60 Å². The van der Waals surface area contributed by atoms with Crippen LogP contribution in [0.1, 0.15) is 66.4 Å². The van der Waals surface area contributed by atoms with E-state index >= 15 is 0 Å². The van der Waals surface area contributed by atoms with Crippen molar-refractivity contribution < 1.29 is 14.7 Å². The van der Waals surface area contributed by atoms with Crippen LogP contribution < -0.4 is 10.6 Å². The lowest BCUT2D eigenvalue weighted by atomic mass is 9.46. The molecule has 4 aliphatic carbocycles. The first kappa shape index (κ1) is 21.2. The molecular formula is C27H32N2O3. The second-order valence-corrected chi connectivity index (χ2v) is 10.4. The summed E-state index contributed by atoms with van der Waals surface area (Å²) in [6.07, 6.45) is 7.44. The number of rotatable bonds is 6. The van der Waals surface area contributed by atoms with E-state index in [1.54, 1.807) is 13.1 Å². The monoisotopic (exact) mass is 432 g/mol. The first-order valence-corrected chi connectivity index (χ1v) is 11.8. The van der Waals surface area contributed by atoms with Gasteiger partial charge in [0.05, 0.1) is 5.60 Å². The fourth-order valence-electron chi connectivity index (χ4n) is 6.95. The van der Waals surface area contributed by atoms with Crippen LogP contribution in [0.15, 0.2) is 48.5 Å². The highest BCUT2D eigenvalue weighted by Crippen LogP contribution is 2.62. The van der Waals surface area contributed by atoms with Crippen molar-refractivity contribution in [2.24, 2.45) is 11.8 Å². The van der Waals surface area contributed by atoms with Gasteiger partial charge in [0, 0.05) is 24.7 Å². The molecule has 5 heteroatoms. The van der Waals surface area contributed by atoms with Crippen LogP contribution in [0.3, 0.4) is 0 Å². The minimum atomic E-state index is -0.466. The van der Waals surface area contributed by atoms with Crippen molar-refractivity contribution in [2.75, 3.05) is 12.4 Å². The molecule has 4 bridgehead atoms. The predicted molar refractivity (Wildman–Crippen MR) is 125 cm³/mol. The summed E-state index contributed by atoms with van der Waals surface area (Å²) in [5.41, 5.74) is 3.34. The molecule has 0 radical (unpaired) electrons. The van der Waals surface area contributed by atoms with Gasteiger partial charge in [-0.15, -0.1) is 0 Å². The van der Waals surface area contributed by atoms with Crippen LogP contribution in [0, 0.1) is 11.8 Å². The maximum absolute atomic E-state index is 12.5. The number of hydrogen-bond donors (Lipinski definition) is 3. The molecule has 4 fully saturated rings. The maximum atomic E-state index is 12.5. The molecule has 32 heavy (non-hydrogen) atoms. The number of aryl methyl sites for hydroxylation is 1. The van der Waals surface area contributed by atoms with Gasteiger partial charge in [-0.1, -0.05) is 24.3 Å². The molecule has 168 valence electrons. The van der Waals surface area contributed by atoms with Crippen molar-refractivity contribution in [1.82, 2.24) is 5.32 Å². The Balaban J connectivity index is 1.20. The molecular weight excluding hydrogens is 400 g/mol. The van der Waals surface area contributed by atoms with E-state index in [4.69, 9.17) is 0 Å². The molecule has 4 saturated carbocycles. The molecule has 2 aromatic carbocycles. The number of nitrogens with one attached hydrogen (secondary N) is 2. The highest BCUT2D eigenvalue weighted by Gasteiger charge is 2.57. The summed E-state index contributed by atoms with van der Waals surface area (Å²) in [4.78, 5) is 24.3. The molecule has 2 atom stereocenters. The highest BCUT2D eigenvalue weighted by molar-refractivity contribution is 5.94. The first-order chi connectivity index (χ1) is 15.4. The smallest absolute Gasteiger partial charge is 0.251 e. The average Bonchev–Trinajstić information content (AvgIpc) is 2.76. The van der Waals surface area contributed by atoms with E-state index in [9.17, 15) is 14.7 Å². The van der Waals surface area contributed by atoms with Crippen LogP contribution in [-0.4, -0.2) is 29.6 Å². The zero-order valence-corrected chi connectivity index (χ0v) is 18.7. The standard InChI is InChI=1S/C27H32N2O3/c1-28-25(31)21-4-2-3-18(12-21)5-10-24(30)29-23-8-6-22(7-9-23)26-13-19-11-20(14-26)16-27(32,15-19)17-26/h2-4,6-9,12,19-20,32H,5,10-11,13-17H2,1H3,(H,28,31)(H,29,30). The molecule has 2 unspecified atom stereocenters. The molecule has 5 nitrogen and oxygen atoms in total. The third-order valence-electron chi connectivity index (χ3n) is 7.87. The molecule has 0 aliphatic heterocycles. The zero-order valence-electron chi connectivity index (χ0n) is 18.7. The van der Waals surface area contributed by atoms with E-state index in [1.165, 1.54) is 24.8 Å². The minimum Gasteiger partial charge on any atom is -0.390 e. The predicted octanol–water partition coefficient (Wildman–Crippen LogP) is 4.20. The number of hydrogen-bond acceptors (Lipinski definition) is 3. The number of aliphatic hydroxyl groups is 1. The van der Waals surface area contributed by atoms with Crippen molar-refractivity contribution in [1.29, 1.82) is 0 Å². The Hall–Kier alpha value is -2.66. The third-order valence-corrected chi connectivity index (χ3v) is 7.87. The van der Waals surface area contributed by atoms with Gasteiger partial charge in [0.1, 0.15) is 0 Å². The van der Waals surface area contributed by atoms with Gasteiger partial charge in [-0.3, -0.25) is 9.59 Å². The van der Waals surface area contributed by atoms with Crippen LogP contribution in [0.5, 0.6) is 0 Å². The van der Waals surface area contributed by atoms with Crippen molar-refractivity contribution in [3.63, 3.8) is 0 Å². The maximum Gasteiger partial charge on any atom is 0.251 e. The largest absolute Gasteiger partial charge is 0.390 e.